The highest BCUT2D eigenvalue weighted by Gasteiger charge is 2.21. The van der Waals surface area contributed by atoms with Crippen molar-refractivity contribution in [2.75, 3.05) is 0 Å². The molecule has 3 nitrogen and oxygen atoms in total. The molecule has 0 aliphatic heterocycles. The van der Waals surface area contributed by atoms with E-state index in [0.717, 1.165) is 29.7 Å². The van der Waals surface area contributed by atoms with E-state index in [1.807, 2.05) is 31.2 Å². The molecule has 0 saturated carbocycles. The van der Waals surface area contributed by atoms with Crippen LogP contribution in [0, 0.1) is 6.92 Å². The predicted molar refractivity (Wildman–Crippen MR) is 85.0 cm³/mol. The Morgan fingerprint density at radius 1 is 1.14 bits per heavy atom. The molecular weight excluding hydrogens is 282 g/mol. The highest BCUT2D eigenvalue weighted by atomic mass is 32.1. The number of rotatable bonds is 1. The van der Waals surface area contributed by atoms with Gasteiger partial charge in [0.05, 0.1) is 0 Å². The molecule has 3 aromatic rings. The molecule has 0 unspecified atom stereocenters. The molecule has 2 heterocycles. The van der Waals surface area contributed by atoms with Gasteiger partial charge >= 0.3 is 5.63 Å². The van der Waals surface area contributed by atoms with Crippen molar-refractivity contribution in [3.63, 3.8) is 0 Å². The summed E-state index contributed by atoms with van der Waals surface area (Å²) in [6.07, 6.45) is 4.40. The molecule has 0 fully saturated rings. The summed E-state index contributed by atoms with van der Waals surface area (Å²) in [5.74, 6) is 0.422. The standard InChI is InChI=1S/C17H15NO2S/c1-10-6-8-11(9-7-10)15-18-16-14(17(19)20-15)12-4-2-3-5-13(12)21-16/h6-9H,2-5H2,1H3. The Balaban J connectivity index is 1.93. The fourth-order valence-electron chi connectivity index (χ4n) is 2.91. The van der Waals surface area contributed by atoms with E-state index in [9.17, 15) is 4.79 Å². The molecule has 0 radical (unpaired) electrons. The van der Waals surface area contributed by atoms with Crippen LogP contribution in [0.25, 0.3) is 21.7 Å². The molecule has 4 rings (SSSR count). The summed E-state index contributed by atoms with van der Waals surface area (Å²) in [4.78, 5) is 19.1. The quantitative estimate of drug-likeness (QED) is 0.679. The molecule has 1 aromatic carbocycles. The summed E-state index contributed by atoms with van der Waals surface area (Å²) in [7, 11) is 0. The van der Waals surface area contributed by atoms with E-state index >= 15 is 0 Å². The zero-order valence-electron chi connectivity index (χ0n) is 11.8. The van der Waals surface area contributed by atoms with Crippen molar-refractivity contribution >= 4 is 21.6 Å². The summed E-state index contributed by atoms with van der Waals surface area (Å²) < 4.78 is 5.48. The summed E-state index contributed by atoms with van der Waals surface area (Å²) >= 11 is 1.65. The molecule has 0 amide bonds. The van der Waals surface area contributed by atoms with Gasteiger partial charge in [-0.05, 0) is 50.3 Å². The average molecular weight is 297 g/mol. The summed E-state index contributed by atoms with van der Waals surface area (Å²) in [5, 5.41) is 0.713. The van der Waals surface area contributed by atoms with E-state index in [4.69, 9.17) is 4.42 Å². The van der Waals surface area contributed by atoms with Gasteiger partial charge < -0.3 is 4.42 Å². The second-order valence-electron chi connectivity index (χ2n) is 5.56. The minimum Gasteiger partial charge on any atom is -0.403 e. The number of hydrogen-bond acceptors (Lipinski definition) is 4. The minimum absolute atomic E-state index is 0.241. The first-order valence-corrected chi connectivity index (χ1v) is 8.06. The first-order valence-electron chi connectivity index (χ1n) is 7.25. The molecule has 4 heteroatoms. The average Bonchev–Trinajstić information content (AvgIpc) is 2.86. The topological polar surface area (TPSA) is 43.1 Å². The Morgan fingerprint density at radius 3 is 2.71 bits per heavy atom. The van der Waals surface area contributed by atoms with E-state index in [1.165, 1.54) is 22.4 Å². The highest BCUT2D eigenvalue weighted by Crippen LogP contribution is 2.34. The maximum atomic E-state index is 12.4. The van der Waals surface area contributed by atoms with Crippen molar-refractivity contribution in [2.45, 2.75) is 32.6 Å². The lowest BCUT2D eigenvalue weighted by molar-refractivity contribution is 0.518. The normalized spacial score (nSPS) is 14.3. The first kappa shape index (κ1) is 12.8. The molecule has 106 valence electrons. The van der Waals surface area contributed by atoms with Crippen molar-refractivity contribution in [3.05, 3.63) is 50.7 Å². The number of hydrogen-bond donors (Lipinski definition) is 0. The fourth-order valence-corrected chi connectivity index (χ4v) is 4.16. The van der Waals surface area contributed by atoms with E-state index < -0.39 is 0 Å². The molecule has 1 aliphatic carbocycles. The van der Waals surface area contributed by atoms with Crippen molar-refractivity contribution in [3.8, 4) is 11.5 Å². The largest absolute Gasteiger partial charge is 0.403 e. The zero-order valence-corrected chi connectivity index (χ0v) is 12.6. The van der Waals surface area contributed by atoms with Crippen LogP contribution in [0.1, 0.15) is 28.8 Å². The van der Waals surface area contributed by atoms with Crippen LogP contribution in [0.15, 0.2) is 33.5 Å². The second kappa shape index (κ2) is 4.81. The highest BCUT2D eigenvalue weighted by molar-refractivity contribution is 7.18. The first-order chi connectivity index (χ1) is 10.2. The maximum Gasteiger partial charge on any atom is 0.348 e. The number of aryl methyl sites for hydroxylation is 3. The van der Waals surface area contributed by atoms with Gasteiger partial charge in [-0.1, -0.05) is 17.7 Å². The van der Waals surface area contributed by atoms with Crippen LogP contribution in [-0.4, -0.2) is 4.98 Å². The van der Waals surface area contributed by atoms with Crippen molar-refractivity contribution in [1.82, 2.24) is 4.98 Å². The van der Waals surface area contributed by atoms with Crippen LogP contribution in [0.3, 0.4) is 0 Å². The molecule has 0 N–H and O–H groups in total. The van der Waals surface area contributed by atoms with Gasteiger partial charge in [0, 0.05) is 10.4 Å². The molecule has 0 saturated heterocycles. The maximum absolute atomic E-state index is 12.4. The van der Waals surface area contributed by atoms with Gasteiger partial charge in [-0.15, -0.1) is 11.3 Å². The smallest absolute Gasteiger partial charge is 0.348 e. The van der Waals surface area contributed by atoms with E-state index in [-0.39, 0.29) is 5.63 Å². The van der Waals surface area contributed by atoms with Crippen LogP contribution < -0.4 is 5.63 Å². The summed E-state index contributed by atoms with van der Waals surface area (Å²) in [6, 6.07) is 7.89. The van der Waals surface area contributed by atoms with Crippen LogP contribution in [-0.2, 0) is 12.8 Å². The Labute approximate surface area is 126 Å². The second-order valence-corrected chi connectivity index (χ2v) is 6.65. The Kier molecular flexibility index (Phi) is 2.93. The molecular formula is C17H15NO2S. The van der Waals surface area contributed by atoms with Gasteiger partial charge in [0.1, 0.15) is 10.2 Å². The van der Waals surface area contributed by atoms with Crippen molar-refractivity contribution in [1.29, 1.82) is 0 Å². The third-order valence-corrected chi connectivity index (χ3v) is 5.23. The van der Waals surface area contributed by atoms with Gasteiger partial charge in [0.2, 0.25) is 5.89 Å². The zero-order chi connectivity index (χ0) is 14.4. The van der Waals surface area contributed by atoms with Crippen LogP contribution >= 0.6 is 11.3 Å². The molecule has 1 aliphatic rings. The predicted octanol–water partition coefficient (Wildman–Crippen LogP) is 4.10. The molecule has 21 heavy (non-hydrogen) atoms. The van der Waals surface area contributed by atoms with Crippen LogP contribution in [0.4, 0.5) is 0 Å². The fraction of sp³-hybridized carbons (Fsp3) is 0.294. The SMILES string of the molecule is Cc1ccc(-c2nc3sc4c(c3c(=O)o2)CCCC4)cc1. The monoisotopic (exact) mass is 297 g/mol. The number of aromatic nitrogens is 1. The van der Waals surface area contributed by atoms with Gasteiger partial charge in [-0.2, -0.15) is 0 Å². The summed E-state index contributed by atoms with van der Waals surface area (Å²) in [5.41, 5.74) is 2.97. The molecule has 0 bridgehead atoms. The van der Waals surface area contributed by atoms with Crippen molar-refractivity contribution < 1.29 is 4.42 Å². The summed E-state index contributed by atoms with van der Waals surface area (Å²) in [6.45, 7) is 2.03. The van der Waals surface area contributed by atoms with Crippen LogP contribution in [0.2, 0.25) is 0 Å². The van der Waals surface area contributed by atoms with Gasteiger partial charge in [-0.25, -0.2) is 9.78 Å². The molecule has 0 atom stereocenters. The minimum atomic E-state index is -0.241. The van der Waals surface area contributed by atoms with Crippen molar-refractivity contribution in [2.24, 2.45) is 0 Å². The molecule has 0 spiro atoms. The lowest BCUT2D eigenvalue weighted by Gasteiger charge is -2.09. The van der Waals surface area contributed by atoms with E-state index in [1.54, 1.807) is 11.3 Å². The third-order valence-electron chi connectivity index (χ3n) is 4.05. The number of fused-ring (bicyclic) bond motifs is 3. The Bertz CT molecular complexity index is 874. The van der Waals surface area contributed by atoms with Gasteiger partial charge in [-0.3, -0.25) is 0 Å². The van der Waals surface area contributed by atoms with Crippen LogP contribution in [0.5, 0.6) is 0 Å². The number of thiophene rings is 1. The lowest BCUT2D eigenvalue weighted by Crippen LogP contribution is -2.06. The van der Waals surface area contributed by atoms with Gasteiger partial charge in [0.15, 0.2) is 0 Å². The Morgan fingerprint density at radius 2 is 1.90 bits per heavy atom. The lowest BCUT2D eigenvalue weighted by atomic mass is 9.97. The van der Waals surface area contributed by atoms with E-state index in [2.05, 4.69) is 4.98 Å². The number of benzene rings is 1. The third kappa shape index (κ3) is 2.10. The number of nitrogens with zero attached hydrogens (tertiary/aromatic N) is 1. The molecule has 2 aromatic heterocycles. The van der Waals surface area contributed by atoms with E-state index in [0.29, 0.717) is 11.3 Å². The van der Waals surface area contributed by atoms with Gasteiger partial charge in [0.25, 0.3) is 0 Å². The Hall–Kier alpha value is -1.94.